The Balaban J connectivity index is 0. The fourth-order valence-corrected chi connectivity index (χ4v) is 0.757. The summed E-state index contributed by atoms with van der Waals surface area (Å²) in [5.41, 5.74) is 0. The molecular weight excluding hydrogens is 218 g/mol. The van der Waals surface area contributed by atoms with Crippen LogP contribution in [0, 0.1) is 0 Å². The quantitative estimate of drug-likeness (QED) is 0.319. The molecule has 0 rings (SSSR count). The Bertz CT molecular complexity index is 127. The fraction of sp³-hybridized carbons (Fsp3) is 1.00. The second-order valence-electron chi connectivity index (χ2n) is 2.71. The third-order valence-corrected chi connectivity index (χ3v) is 1.51. The van der Waals surface area contributed by atoms with Crippen molar-refractivity contribution in [3.8, 4) is 0 Å². The highest BCUT2D eigenvalue weighted by molar-refractivity contribution is 4.36. The molecule has 16 heavy (non-hydrogen) atoms. The van der Waals surface area contributed by atoms with Crippen molar-refractivity contribution in [3.63, 3.8) is 0 Å². The number of aliphatic hydroxyl groups is 2. The molecule has 0 bridgehead atoms. The monoisotopic (exact) mass is 241 g/mol. The van der Waals surface area contributed by atoms with Crippen molar-refractivity contribution in [2.45, 2.75) is 6.29 Å². The number of aliphatic hydroxyl groups excluding tert-OH is 2. The lowest BCUT2D eigenvalue weighted by Gasteiger charge is -2.09. The highest BCUT2D eigenvalue weighted by atomic mass is 16.6. The van der Waals surface area contributed by atoms with E-state index in [0.717, 1.165) is 0 Å². The second kappa shape index (κ2) is 14.7. The van der Waals surface area contributed by atoms with Gasteiger partial charge in [0.05, 0.1) is 46.2 Å². The lowest BCUT2D eigenvalue weighted by atomic mass is 10.6. The molecule has 0 aliphatic rings. The Morgan fingerprint density at radius 3 is 1.94 bits per heavy atom. The van der Waals surface area contributed by atoms with Crippen LogP contribution in [0.25, 0.3) is 0 Å². The molecule has 100 valence electrons. The van der Waals surface area contributed by atoms with E-state index in [1.807, 2.05) is 0 Å². The third kappa shape index (κ3) is 13.7. The molecular formula is C9H23NO6. The molecule has 0 aliphatic heterocycles. The highest BCUT2D eigenvalue weighted by Gasteiger charge is 1.99. The van der Waals surface area contributed by atoms with E-state index in [-0.39, 0.29) is 19.4 Å². The number of methoxy groups -OCH3 is 1. The number of hydrogen-bond donors (Lipinski definition) is 3. The molecule has 0 aromatic heterocycles. The lowest BCUT2D eigenvalue weighted by Crippen LogP contribution is -2.19. The zero-order chi connectivity index (χ0) is 11.4. The zero-order valence-corrected chi connectivity index (χ0v) is 9.76. The van der Waals surface area contributed by atoms with Crippen LogP contribution in [0.5, 0.6) is 0 Å². The molecule has 0 aromatic rings. The molecule has 0 fully saturated rings. The highest BCUT2D eigenvalue weighted by Crippen LogP contribution is 1.86. The van der Waals surface area contributed by atoms with Gasteiger partial charge in [0.2, 0.25) is 0 Å². The van der Waals surface area contributed by atoms with Gasteiger partial charge < -0.3 is 35.3 Å². The molecule has 7 heteroatoms. The smallest absolute Gasteiger partial charge is 0.177 e. The maximum Gasteiger partial charge on any atom is 0.177 e. The van der Waals surface area contributed by atoms with Gasteiger partial charge in [-0.1, -0.05) is 0 Å². The van der Waals surface area contributed by atoms with Crippen molar-refractivity contribution in [1.29, 1.82) is 0 Å². The van der Waals surface area contributed by atoms with Crippen molar-refractivity contribution in [1.82, 2.24) is 6.15 Å². The molecule has 1 unspecified atom stereocenters. The van der Waals surface area contributed by atoms with Crippen LogP contribution in [-0.2, 0) is 18.9 Å². The van der Waals surface area contributed by atoms with Crippen molar-refractivity contribution >= 4 is 0 Å². The van der Waals surface area contributed by atoms with Crippen LogP contribution in [0.4, 0.5) is 0 Å². The molecule has 0 saturated heterocycles. The summed E-state index contributed by atoms with van der Waals surface area (Å²) in [6.45, 7) is 2.27. The van der Waals surface area contributed by atoms with Gasteiger partial charge >= 0.3 is 0 Å². The minimum atomic E-state index is -0.877. The predicted molar refractivity (Wildman–Crippen MR) is 57.6 cm³/mol. The van der Waals surface area contributed by atoms with E-state index >= 15 is 0 Å². The summed E-state index contributed by atoms with van der Waals surface area (Å²) in [5.74, 6) is 0. The Morgan fingerprint density at radius 2 is 1.44 bits per heavy atom. The Kier molecular flexibility index (Phi) is 16.6. The topological polar surface area (TPSA) is 112 Å². The minimum Gasteiger partial charge on any atom is -0.394 e. The molecule has 0 radical (unpaired) electrons. The molecule has 0 spiro atoms. The van der Waals surface area contributed by atoms with E-state index in [2.05, 4.69) is 4.74 Å². The predicted octanol–water partition coefficient (Wildman–Crippen LogP) is -0.845. The van der Waals surface area contributed by atoms with E-state index in [1.165, 1.54) is 7.11 Å². The summed E-state index contributed by atoms with van der Waals surface area (Å²) in [4.78, 5) is 0. The molecule has 0 aromatic carbocycles. The number of hydrogen-bond acceptors (Lipinski definition) is 7. The SMILES string of the molecule is COC(O)COCCOCCOCCO.N. The van der Waals surface area contributed by atoms with E-state index in [1.54, 1.807) is 0 Å². The lowest BCUT2D eigenvalue weighted by molar-refractivity contribution is -0.123. The zero-order valence-electron chi connectivity index (χ0n) is 9.76. The standard InChI is InChI=1S/C9H20O6.H3N/c1-12-9(11)8-15-7-6-14-5-4-13-3-2-10;/h9-11H,2-8H2,1H3;1H3. The normalized spacial score (nSPS) is 12.2. The van der Waals surface area contributed by atoms with Gasteiger partial charge in [0.15, 0.2) is 6.29 Å². The number of rotatable bonds is 11. The van der Waals surface area contributed by atoms with Gasteiger partial charge in [0.25, 0.3) is 0 Å². The first-order valence-corrected chi connectivity index (χ1v) is 4.86. The summed E-state index contributed by atoms with van der Waals surface area (Å²) in [6, 6.07) is 0. The Morgan fingerprint density at radius 1 is 0.938 bits per heavy atom. The molecule has 5 N–H and O–H groups in total. The van der Waals surface area contributed by atoms with Crippen LogP contribution in [-0.4, -0.2) is 69.9 Å². The number of ether oxygens (including phenoxy) is 4. The summed E-state index contributed by atoms with van der Waals surface area (Å²) in [5, 5.41) is 17.3. The molecule has 0 saturated carbocycles. The van der Waals surface area contributed by atoms with Gasteiger partial charge in [-0.15, -0.1) is 0 Å². The van der Waals surface area contributed by atoms with Gasteiger partial charge in [-0.3, -0.25) is 0 Å². The van der Waals surface area contributed by atoms with Gasteiger partial charge in [-0.05, 0) is 0 Å². The van der Waals surface area contributed by atoms with Gasteiger partial charge in [-0.2, -0.15) is 0 Å². The average molecular weight is 241 g/mol. The summed E-state index contributed by atoms with van der Waals surface area (Å²) in [6.07, 6.45) is -0.877. The van der Waals surface area contributed by atoms with Crippen molar-refractivity contribution in [2.75, 3.05) is 53.4 Å². The van der Waals surface area contributed by atoms with Crippen LogP contribution in [0.15, 0.2) is 0 Å². The molecule has 0 heterocycles. The van der Waals surface area contributed by atoms with Crippen molar-refractivity contribution in [3.05, 3.63) is 0 Å². The first-order valence-electron chi connectivity index (χ1n) is 4.86. The molecule has 1 atom stereocenters. The average Bonchev–Trinajstić information content (AvgIpc) is 2.26. The van der Waals surface area contributed by atoms with Gasteiger partial charge in [0.1, 0.15) is 0 Å². The summed E-state index contributed by atoms with van der Waals surface area (Å²) >= 11 is 0. The molecule has 7 nitrogen and oxygen atoms in total. The van der Waals surface area contributed by atoms with Crippen LogP contribution >= 0.6 is 0 Å². The van der Waals surface area contributed by atoms with Gasteiger partial charge in [0, 0.05) is 7.11 Å². The van der Waals surface area contributed by atoms with E-state index in [9.17, 15) is 0 Å². The maximum atomic E-state index is 8.93. The van der Waals surface area contributed by atoms with E-state index < -0.39 is 6.29 Å². The van der Waals surface area contributed by atoms with Crippen molar-refractivity contribution in [2.24, 2.45) is 0 Å². The van der Waals surface area contributed by atoms with Crippen LogP contribution in [0.2, 0.25) is 0 Å². The second-order valence-corrected chi connectivity index (χ2v) is 2.71. The summed E-state index contributed by atoms with van der Waals surface area (Å²) < 4.78 is 19.7. The Hall–Kier alpha value is -0.280. The minimum absolute atomic E-state index is 0. The van der Waals surface area contributed by atoms with Gasteiger partial charge in [-0.25, -0.2) is 0 Å². The first kappa shape index (κ1) is 18.1. The first-order chi connectivity index (χ1) is 7.31. The van der Waals surface area contributed by atoms with E-state index in [0.29, 0.717) is 33.0 Å². The fourth-order valence-electron chi connectivity index (χ4n) is 0.757. The third-order valence-electron chi connectivity index (χ3n) is 1.51. The molecule has 0 aliphatic carbocycles. The largest absolute Gasteiger partial charge is 0.394 e. The Labute approximate surface area is 95.8 Å². The molecule has 0 amide bonds. The van der Waals surface area contributed by atoms with E-state index in [4.69, 9.17) is 24.4 Å². The summed E-state index contributed by atoms with van der Waals surface area (Å²) in [7, 11) is 1.41. The van der Waals surface area contributed by atoms with Crippen LogP contribution in [0.3, 0.4) is 0 Å². The maximum absolute atomic E-state index is 8.93. The van der Waals surface area contributed by atoms with Crippen LogP contribution in [0.1, 0.15) is 0 Å². The van der Waals surface area contributed by atoms with Crippen molar-refractivity contribution < 1.29 is 29.2 Å². The van der Waals surface area contributed by atoms with Crippen LogP contribution < -0.4 is 6.15 Å².